The Morgan fingerprint density at radius 2 is 1.42 bits per heavy atom. The van der Waals surface area contributed by atoms with E-state index in [4.69, 9.17) is 14.2 Å². The summed E-state index contributed by atoms with van der Waals surface area (Å²) in [4.78, 5) is 0. The summed E-state index contributed by atoms with van der Waals surface area (Å²) in [6.45, 7) is 2.22. The highest BCUT2D eigenvalue weighted by atomic mass is 16.5. The molecule has 1 unspecified atom stereocenters. The fraction of sp³-hybridized carbons (Fsp3) is 0.700. The molecule has 0 saturated carbocycles. The Hall–Kier alpha value is -1.42. The predicted molar refractivity (Wildman–Crippen MR) is 98.4 cm³/mol. The van der Waals surface area contributed by atoms with E-state index in [0.29, 0.717) is 0 Å². The maximum atomic E-state index is 10.1. The van der Waals surface area contributed by atoms with Gasteiger partial charge in [0.2, 0.25) is 0 Å². The van der Waals surface area contributed by atoms with E-state index in [1.807, 2.05) is 12.1 Å². The van der Waals surface area contributed by atoms with Gasteiger partial charge in [-0.1, -0.05) is 39.0 Å². The van der Waals surface area contributed by atoms with E-state index in [-0.39, 0.29) is 6.10 Å². The molecule has 0 aliphatic carbocycles. The monoisotopic (exact) mass is 338 g/mol. The summed E-state index contributed by atoms with van der Waals surface area (Å²) in [5.74, 6) is 2.28. The van der Waals surface area contributed by atoms with Crippen LogP contribution in [0.5, 0.6) is 17.2 Å². The fourth-order valence-corrected chi connectivity index (χ4v) is 2.97. The molecule has 0 aliphatic heterocycles. The standard InChI is InChI=1S/C20H34O4/c1-5-6-7-8-9-11-16(21)12-10-13-18-19(23-3)14-17(22-2)15-20(18)24-4/h14-16,21H,5-13H2,1-4H3. The van der Waals surface area contributed by atoms with Crippen molar-refractivity contribution >= 4 is 0 Å². The van der Waals surface area contributed by atoms with Gasteiger partial charge in [0.25, 0.3) is 0 Å². The van der Waals surface area contributed by atoms with Gasteiger partial charge < -0.3 is 19.3 Å². The quantitative estimate of drug-likeness (QED) is 0.527. The average molecular weight is 338 g/mol. The fourth-order valence-electron chi connectivity index (χ4n) is 2.97. The molecular formula is C20H34O4. The Balaban J connectivity index is 2.46. The third-order valence-corrected chi connectivity index (χ3v) is 4.42. The number of methoxy groups -OCH3 is 3. The molecular weight excluding hydrogens is 304 g/mol. The highest BCUT2D eigenvalue weighted by molar-refractivity contribution is 5.50. The Bertz CT molecular complexity index is 434. The number of hydrogen-bond donors (Lipinski definition) is 1. The molecule has 0 amide bonds. The number of ether oxygens (including phenoxy) is 3. The van der Waals surface area contributed by atoms with E-state index >= 15 is 0 Å². The maximum Gasteiger partial charge on any atom is 0.129 e. The van der Waals surface area contributed by atoms with Crippen molar-refractivity contribution in [2.75, 3.05) is 21.3 Å². The molecule has 0 radical (unpaired) electrons. The van der Waals surface area contributed by atoms with Gasteiger partial charge in [0.05, 0.1) is 27.4 Å². The lowest BCUT2D eigenvalue weighted by Gasteiger charge is -2.16. The number of unbranched alkanes of at least 4 members (excludes halogenated alkanes) is 4. The third-order valence-electron chi connectivity index (χ3n) is 4.42. The van der Waals surface area contributed by atoms with Gasteiger partial charge in [-0.15, -0.1) is 0 Å². The molecule has 138 valence electrons. The van der Waals surface area contributed by atoms with Gasteiger partial charge in [-0.2, -0.15) is 0 Å². The first-order chi connectivity index (χ1) is 11.7. The van der Waals surface area contributed by atoms with Crippen LogP contribution in [0.15, 0.2) is 12.1 Å². The molecule has 0 spiro atoms. The Morgan fingerprint density at radius 3 is 1.96 bits per heavy atom. The zero-order valence-corrected chi connectivity index (χ0v) is 15.8. The lowest BCUT2D eigenvalue weighted by molar-refractivity contribution is 0.148. The summed E-state index contributed by atoms with van der Waals surface area (Å²) in [7, 11) is 4.94. The molecule has 0 fully saturated rings. The lowest BCUT2D eigenvalue weighted by Crippen LogP contribution is -2.07. The zero-order valence-electron chi connectivity index (χ0n) is 15.8. The second-order valence-electron chi connectivity index (χ2n) is 6.26. The molecule has 1 aromatic carbocycles. The molecule has 0 heterocycles. The van der Waals surface area contributed by atoms with Gasteiger partial charge in [-0.25, -0.2) is 0 Å². The number of rotatable bonds is 13. The summed E-state index contributed by atoms with van der Waals surface area (Å²) in [6, 6.07) is 3.75. The second kappa shape index (κ2) is 12.0. The first kappa shape index (κ1) is 20.6. The smallest absolute Gasteiger partial charge is 0.129 e. The van der Waals surface area contributed by atoms with Crippen LogP contribution in [0.4, 0.5) is 0 Å². The van der Waals surface area contributed by atoms with Crippen molar-refractivity contribution in [2.24, 2.45) is 0 Å². The topological polar surface area (TPSA) is 47.9 Å². The van der Waals surface area contributed by atoms with Crippen LogP contribution < -0.4 is 14.2 Å². The molecule has 24 heavy (non-hydrogen) atoms. The second-order valence-corrected chi connectivity index (χ2v) is 6.26. The summed E-state index contributed by atoms with van der Waals surface area (Å²) in [6.07, 6.45) is 9.43. The third kappa shape index (κ3) is 7.00. The van der Waals surface area contributed by atoms with E-state index in [9.17, 15) is 5.11 Å². The number of hydrogen-bond acceptors (Lipinski definition) is 4. The van der Waals surface area contributed by atoms with Crippen LogP contribution in [0.2, 0.25) is 0 Å². The molecule has 1 N–H and O–H groups in total. The molecule has 4 nitrogen and oxygen atoms in total. The van der Waals surface area contributed by atoms with Crippen molar-refractivity contribution in [1.82, 2.24) is 0 Å². The largest absolute Gasteiger partial charge is 0.496 e. The molecule has 4 heteroatoms. The minimum atomic E-state index is -0.207. The van der Waals surface area contributed by atoms with Crippen molar-refractivity contribution in [3.05, 3.63) is 17.7 Å². The number of aliphatic hydroxyl groups is 1. The summed E-state index contributed by atoms with van der Waals surface area (Å²) in [5, 5.41) is 10.1. The van der Waals surface area contributed by atoms with Gasteiger partial charge in [-0.05, 0) is 25.7 Å². The minimum absolute atomic E-state index is 0.207. The molecule has 1 atom stereocenters. The van der Waals surface area contributed by atoms with Gasteiger partial charge in [0.15, 0.2) is 0 Å². The Morgan fingerprint density at radius 1 is 0.833 bits per heavy atom. The van der Waals surface area contributed by atoms with Crippen LogP contribution in [0, 0.1) is 0 Å². The van der Waals surface area contributed by atoms with Gasteiger partial charge in [0, 0.05) is 17.7 Å². The SMILES string of the molecule is CCCCCCCC(O)CCCc1c(OC)cc(OC)cc1OC. The first-order valence-electron chi connectivity index (χ1n) is 9.13. The van der Waals surface area contributed by atoms with E-state index in [1.54, 1.807) is 21.3 Å². The van der Waals surface area contributed by atoms with Crippen LogP contribution in [-0.2, 0) is 6.42 Å². The van der Waals surface area contributed by atoms with Gasteiger partial charge >= 0.3 is 0 Å². The van der Waals surface area contributed by atoms with Crippen molar-refractivity contribution in [3.8, 4) is 17.2 Å². The number of benzene rings is 1. The van der Waals surface area contributed by atoms with Crippen molar-refractivity contribution in [1.29, 1.82) is 0 Å². The van der Waals surface area contributed by atoms with E-state index in [1.165, 1.54) is 25.7 Å². The Kier molecular flexibility index (Phi) is 10.3. The highest BCUT2D eigenvalue weighted by Gasteiger charge is 2.14. The average Bonchev–Trinajstić information content (AvgIpc) is 2.61. The summed E-state index contributed by atoms with van der Waals surface area (Å²) in [5.41, 5.74) is 1.04. The van der Waals surface area contributed by atoms with Crippen molar-refractivity contribution in [3.63, 3.8) is 0 Å². The van der Waals surface area contributed by atoms with Crippen LogP contribution >= 0.6 is 0 Å². The normalized spacial score (nSPS) is 12.0. The Labute approximate surface area is 147 Å². The van der Waals surface area contributed by atoms with Crippen LogP contribution in [-0.4, -0.2) is 32.5 Å². The van der Waals surface area contributed by atoms with Gasteiger partial charge in [0.1, 0.15) is 17.2 Å². The highest BCUT2D eigenvalue weighted by Crippen LogP contribution is 2.35. The summed E-state index contributed by atoms with van der Waals surface area (Å²) < 4.78 is 16.2. The van der Waals surface area contributed by atoms with Crippen molar-refractivity contribution in [2.45, 2.75) is 70.8 Å². The van der Waals surface area contributed by atoms with Gasteiger partial charge in [-0.3, -0.25) is 0 Å². The predicted octanol–water partition coefficient (Wildman–Crippen LogP) is 4.76. The molecule has 0 bridgehead atoms. The van der Waals surface area contributed by atoms with Crippen LogP contribution in [0.3, 0.4) is 0 Å². The summed E-state index contributed by atoms with van der Waals surface area (Å²) >= 11 is 0. The number of aliphatic hydroxyl groups excluding tert-OH is 1. The van der Waals surface area contributed by atoms with Crippen molar-refractivity contribution < 1.29 is 19.3 Å². The first-order valence-corrected chi connectivity index (χ1v) is 9.13. The lowest BCUT2D eigenvalue weighted by atomic mass is 10.0. The van der Waals surface area contributed by atoms with E-state index < -0.39 is 0 Å². The molecule has 0 saturated heterocycles. The molecule has 0 aromatic heterocycles. The molecule has 0 aliphatic rings. The van der Waals surface area contributed by atoms with E-state index in [0.717, 1.165) is 54.9 Å². The molecule has 1 rings (SSSR count). The van der Waals surface area contributed by atoms with Crippen LogP contribution in [0.1, 0.15) is 63.9 Å². The zero-order chi connectivity index (χ0) is 17.8. The van der Waals surface area contributed by atoms with E-state index in [2.05, 4.69) is 6.92 Å². The maximum absolute atomic E-state index is 10.1. The minimum Gasteiger partial charge on any atom is -0.496 e. The van der Waals surface area contributed by atoms with Crippen LogP contribution in [0.25, 0.3) is 0 Å². The molecule has 1 aromatic rings.